The number of carbonyl (C=O) groups is 1. The Morgan fingerprint density at radius 1 is 1.37 bits per heavy atom. The van der Waals surface area contributed by atoms with Crippen molar-refractivity contribution in [3.05, 3.63) is 35.6 Å². The summed E-state index contributed by atoms with van der Waals surface area (Å²) in [5, 5.41) is 3.09. The highest BCUT2D eigenvalue weighted by atomic mass is 19.1. The largest absolute Gasteiger partial charge is 0.353 e. The van der Waals surface area contributed by atoms with Crippen LogP contribution in [0.2, 0.25) is 0 Å². The molecule has 2 atom stereocenters. The predicted octanol–water partition coefficient (Wildman–Crippen LogP) is 3.31. The lowest BCUT2D eigenvalue weighted by Crippen LogP contribution is -2.37. The van der Waals surface area contributed by atoms with Crippen molar-refractivity contribution < 1.29 is 9.18 Å². The topological polar surface area (TPSA) is 29.1 Å². The van der Waals surface area contributed by atoms with Gasteiger partial charge in [-0.05, 0) is 36.5 Å². The zero-order valence-electron chi connectivity index (χ0n) is 11.9. The predicted molar refractivity (Wildman–Crippen MR) is 74.2 cm³/mol. The van der Waals surface area contributed by atoms with Gasteiger partial charge in [0, 0.05) is 17.9 Å². The Morgan fingerprint density at radius 2 is 2.00 bits per heavy atom. The summed E-state index contributed by atoms with van der Waals surface area (Å²) in [5.41, 5.74) is 1.02. The first-order chi connectivity index (χ1) is 8.89. The lowest BCUT2D eigenvalue weighted by Gasteiger charge is -2.31. The van der Waals surface area contributed by atoms with E-state index in [4.69, 9.17) is 0 Å². The quantitative estimate of drug-likeness (QED) is 0.887. The zero-order valence-corrected chi connectivity index (χ0v) is 11.9. The molecule has 1 N–H and O–H groups in total. The van der Waals surface area contributed by atoms with Crippen molar-refractivity contribution in [3.63, 3.8) is 0 Å². The third-order valence-electron chi connectivity index (χ3n) is 3.97. The van der Waals surface area contributed by atoms with Gasteiger partial charge in [0.1, 0.15) is 5.82 Å². The van der Waals surface area contributed by atoms with Gasteiger partial charge in [-0.15, -0.1) is 0 Å². The Balaban J connectivity index is 2.14. The number of rotatable bonds is 4. The van der Waals surface area contributed by atoms with Crippen LogP contribution in [0.1, 0.15) is 39.2 Å². The molecule has 1 amide bonds. The van der Waals surface area contributed by atoms with E-state index in [1.807, 2.05) is 12.1 Å². The molecule has 1 aromatic rings. The van der Waals surface area contributed by atoms with Crippen LogP contribution in [0.3, 0.4) is 0 Å². The van der Waals surface area contributed by atoms with Gasteiger partial charge in [0.15, 0.2) is 0 Å². The average Bonchev–Trinajstić information content (AvgIpc) is 2.56. The molecule has 19 heavy (non-hydrogen) atoms. The minimum absolute atomic E-state index is 0.0703. The van der Waals surface area contributed by atoms with Gasteiger partial charge in [0.05, 0.1) is 0 Å². The first-order valence-electron chi connectivity index (χ1n) is 6.93. The van der Waals surface area contributed by atoms with E-state index in [2.05, 4.69) is 26.1 Å². The molecule has 1 aromatic carbocycles. The van der Waals surface area contributed by atoms with Crippen molar-refractivity contribution in [3.8, 4) is 0 Å². The number of nitrogens with one attached hydrogen (secondary N) is 1. The summed E-state index contributed by atoms with van der Waals surface area (Å²) in [5.74, 6) is 0.472. The fourth-order valence-electron chi connectivity index (χ4n) is 2.98. The summed E-state index contributed by atoms with van der Waals surface area (Å²) in [7, 11) is 0. The molecule has 1 aliphatic rings. The van der Waals surface area contributed by atoms with E-state index in [9.17, 15) is 9.18 Å². The Kier molecular flexibility index (Phi) is 3.93. The van der Waals surface area contributed by atoms with Crippen LogP contribution in [0.25, 0.3) is 0 Å². The zero-order chi connectivity index (χ0) is 14.0. The molecule has 0 spiro atoms. The van der Waals surface area contributed by atoms with Crippen LogP contribution in [0.4, 0.5) is 4.39 Å². The number of hydrogen-bond donors (Lipinski definition) is 1. The summed E-state index contributed by atoms with van der Waals surface area (Å²) in [6.07, 6.45) is 2.36. The van der Waals surface area contributed by atoms with Crippen LogP contribution in [-0.2, 0) is 11.2 Å². The average molecular weight is 263 g/mol. The Bertz CT molecular complexity index is 454. The molecule has 0 saturated carbocycles. The maximum Gasteiger partial charge on any atom is 0.220 e. The first-order valence-corrected chi connectivity index (χ1v) is 6.93. The Hall–Kier alpha value is -1.38. The molecule has 0 radical (unpaired) electrons. The molecule has 3 heteroatoms. The second-order valence-corrected chi connectivity index (χ2v) is 6.38. The minimum atomic E-state index is -0.215. The summed E-state index contributed by atoms with van der Waals surface area (Å²) in [4.78, 5) is 11.7. The standard InChI is InChI=1S/C16H22FNO/c1-11(2)8-14-16(3,10-15(19)18-14)9-12-4-6-13(17)7-5-12/h4-7,11,14H,8-10H2,1-3H3,(H,18,19). The number of benzene rings is 1. The lowest BCUT2D eigenvalue weighted by molar-refractivity contribution is -0.119. The SMILES string of the molecule is CC(C)CC1NC(=O)CC1(C)Cc1ccc(F)cc1. The highest BCUT2D eigenvalue weighted by molar-refractivity contribution is 5.80. The summed E-state index contributed by atoms with van der Waals surface area (Å²) in [6, 6.07) is 6.82. The summed E-state index contributed by atoms with van der Waals surface area (Å²) >= 11 is 0. The van der Waals surface area contributed by atoms with Crippen LogP contribution in [-0.4, -0.2) is 11.9 Å². The third-order valence-corrected chi connectivity index (χ3v) is 3.97. The van der Waals surface area contributed by atoms with Crippen LogP contribution in [0.5, 0.6) is 0 Å². The first kappa shape index (κ1) is 14.0. The molecule has 1 aliphatic heterocycles. The van der Waals surface area contributed by atoms with Gasteiger partial charge in [-0.2, -0.15) is 0 Å². The molecule has 1 saturated heterocycles. The molecule has 0 aromatic heterocycles. The molecule has 2 rings (SSSR count). The molecule has 2 nitrogen and oxygen atoms in total. The molecular formula is C16H22FNO. The van der Waals surface area contributed by atoms with Crippen molar-refractivity contribution in [2.75, 3.05) is 0 Å². The second-order valence-electron chi connectivity index (χ2n) is 6.38. The Labute approximate surface area is 114 Å². The molecule has 0 aliphatic carbocycles. The van der Waals surface area contributed by atoms with Crippen molar-refractivity contribution in [1.82, 2.24) is 5.32 Å². The minimum Gasteiger partial charge on any atom is -0.353 e. The van der Waals surface area contributed by atoms with Crippen LogP contribution in [0.15, 0.2) is 24.3 Å². The van der Waals surface area contributed by atoms with Gasteiger partial charge in [-0.25, -0.2) is 4.39 Å². The van der Waals surface area contributed by atoms with E-state index < -0.39 is 0 Å². The highest BCUT2D eigenvalue weighted by Crippen LogP contribution is 2.38. The van der Waals surface area contributed by atoms with Gasteiger partial charge in [-0.1, -0.05) is 32.9 Å². The van der Waals surface area contributed by atoms with E-state index in [0.717, 1.165) is 18.4 Å². The van der Waals surface area contributed by atoms with Gasteiger partial charge in [-0.3, -0.25) is 4.79 Å². The van der Waals surface area contributed by atoms with Crippen LogP contribution >= 0.6 is 0 Å². The fraction of sp³-hybridized carbons (Fsp3) is 0.562. The van der Waals surface area contributed by atoms with E-state index in [1.54, 1.807) is 0 Å². The number of carbonyl (C=O) groups excluding carboxylic acids is 1. The number of amides is 1. The molecule has 104 valence electrons. The molecular weight excluding hydrogens is 241 g/mol. The Morgan fingerprint density at radius 3 is 2.58 bits per heavy atom. The van der Waals surface area contributed by atoms with E-state index in [0.29, 0.717) is 12.3 Å². The van der Waals surface area contributed by atoms with Crippen molar-refractivity contribution in [2.45, 2.75) is 46.1 Å². The fourth-order valence-corrected chi connectivity index (χ4v) is 2.98. The normalized spacial score (nSPS) is 26.8. The van der Waals surface area contributed by atoms with Gasteiger partial charge >= 0.3 is 0 Å². The summed E-state index contributed by atoms with van der Waals surface area (Å²) in [6.45, 7) is 6.49. The van der Waals surface area contributed by atoms with Gasteiger partial charge < -0.3 is 5.32 Å². The number of hydrogen-bond acceptors (Lipinski definition) is 1. The monoisotopic (exact) mass is 263 g/mol. The number of halogens is 1. The maximum atomic E-state index is 12.9. The van der Waals surface area contributed by atoms with Crippen molar-refractivity contribution in [2.24, 2.45) is 11.3 Å². The molecule has 1 fully saturated rings. The second kappa shape index (κ2) is 5.32. The van der Waals surface area contributed by atoms with Gasteiger partial charge in [0.2, 0.25) is 5.91 Å². The molecule has 0 bridgehead atoms. The summed E-state index contributed by atoms with van der Waals surface area (Å²) < 4.78 is 12.9. The van der Waals surface area contributed by atoms with Crippen LogP contribution in [0, 0.1) is 17.2 Å². The molecule has 1 heterocycles. The van der Waals surface area contributed by atoms with E-state index in [1.165, 1.54) is 12.1 Å². The maximum absolute atomic E-state index is 12.9. The lowest BCUT2D eigenvalue weighted by atomic mass is 9.74. The van der Waals surface area contributed by atoms with Crippen LogP contribution < -0.4 is 5.32 Å². The van der Waals surface area contributed by atoms with Crippen molar-refractivity contribution in [1.29, 1.82) is 0 Å². The van der Waals surface area contributed by atoms with E-state index >= 15 is 0 Å². The van der Waals surface area contributed by atoms with Crippen molar-refractivity contribution >= 4 is 5.91 Å². The van der Waals surface area contributed by atoms with Gasteiger partial charge in [0.25, 0.3) is 0 Å². The third kappa shape index (κ3) is 3.34. The molecule has 2 unspecified atom stereocenters. The smallest absolute Gasteiger partial charge is 0.220 e. The highest BCUT2D eigenvalue weighted by Gasteiger charge is 2.42. The van der Waals surface area contributed by atoms with E-state index in [-0.39, 0.29) is 23.2 Å².